The number of para-hydroxylation sites is 1. The Balaban J connectivity index is 0.00000180. The van der Waals surface area contributed by atoms with Crippen LogP contribution in [0, 0.1) is 0 Å². The maximum atomic E-state index is 12.2. The maximum Gasteiger partial charge on any atom is 1.00 e. The van der Waals surface area contributed by atoms with Gasteiger partial charge >= 0.3 is 29.6 Å². The minimum atomic E-state index is -0.349. The minimum Gasteiger partial charge on any atom is -1.00 e. The van der Waals surface area contributed by atoms with E-state index in [4.69, 9.17) is 10.5 Å². The van der Waals surface area contributed by atoms with Crippen molar-refractivity contribution in [1.82, 2.24) is 0 Å². The molecule has 2 aromatic carbocycles. The summed E-state index contributed by atoms with van der Waals surface area (Å²) in [5.41, 5.74) is 0.529. The Morgan fingerprint density at radius 2 is 1.63 bits per heavy atom. The molecule has 2 aromatic rings. The molecule has 0 unspecified atom stereocenters. The smallest absolute Gasteiger partial charge is 1.00 e. The van der Waals surface area contributed by atoms with Crippen LogP contribution in [0.15, 0.2) is 48.5 Å². The van der Waals surface area contributed by atoms with Gasteiger partial charge in [0.2, 0.25) is 11.5 Å². The zero-order valence-corrected chi connectivity index (χ0v) is 12.2. The molecule has 0 spiro atoms. The van der Waals surface area contributed by atoms with E-state index in [0.29, 0.717) is 5.56 Å². The zero-order valence-electron chi connectivity index (χ0n) is 11.2. The van der Waals surface area contributed by atoms with Gasteiger partial charge in [-0.1, -0.05) is 36.4 Å². The van der Waals surface area contributed by atoms with Crippen LogP contribution in [0.3, 0.4) is 0 Å². The fraction of sp³-hybridized carbons (Fsp3) is 0. The first-order valence-corrected chi connectivity index (χ1v) is 5.13. The molecular formula is C13H11NaO5. The van der Waals surface area contributed by atoms with Crippen molar-refractivity contribution in [3.8, 4) is 11.5 Å². The SMILES string of the molecule is O=C(c1ccccc1)c1cccc(OO)c1OO.[H-].[Na+]. The van der Waals surface area contributed by atoms with E-state index in [9.17, 15) is 4.79 Å². The molecule has 2 rings (SSSR count). The van der Waals surface area contributed by atoms with Gasteiger partial charge in [-0.05, 0) is 12.1 Å². The number of hydrogen-bond donors (Lipinski definition) is 2. The molecule has 5 nitrogen and oxygen atoms in total. The van der Waals surface area contributed by atoms with Gasteiger partial charge in [0.05, 0.1) is 5.56 Å². The molecule has 94 valence electrons. The maximum absolute atomic E-state index is 12.2. The Morgan fingerprint density at radius 1 is 0.947 bits per heavy atom. The molecule has 0 saturated heterocycles. The van der Waals surface area contributed by atoms with Crippen LogP contribution < -0.4 is 39.3 Å². The molecule has 19 heavy (non-hydrogen) atoms. The molecule has 0 atom stereocenters. The summed E-state index contributed by atoms with van der Waals surface area (Å²) in [5.74, 6) is -0.716. The number of ketones is 1. The monoisotopic (exact) mass is 270 g/mol. The van der Waals surface area contributed by atoms with Gasteiger partial charge in [0.15, 0.2) is 5.78 Å². The number of carbonyl (C=O) groups is 1. The van der Waals surface area contributed by atoms with E-state index in [0.717, 1.165) is 0 Å². The van der Waals surface area contributed by atoms with Crippen molar-refractivity contribution in [3.05, 3.63) is 59.7 Å². The van der Waals surface area contributed by atoms with Gasteiger partial charge in [-0.3, -0.25) is 4.79 Å². The fourth-order valence-corrected chi connectivity index (χ4v) is 1.61. The second kappa shape index (κ2) is 7.28. The van der Waals surface area contributed by atoms with Gasteiger partial charge in [0.1, 0.15) is 0 Å². The van der Waals surface area contributed by atoms with Gasteiger partial charge < -0.3 is 11.2 Å². The summed E-state index contributed by atoms with van der Waals surface area (Å²) < 4.78 is 0. The molecule has 0 bridgehead atoms. The Labute approximate surface area is 133 Å². The predicted octanol–water partition coefficient (Wildman–Crippen LogP) is -0.262. The summed E-state index contributed by atoms with van der Waals surface area (Å²) in [7, 11) is 0. The summed E-state index contributed by atoms with van der Waals surface area (Å²) in [6, 6.07) is 12.8. The first-order valence-electron chi connectivity index (χ1n) is 5.13. The molecule has 6 heteroatoms. The van der Waals surface area contributed by atoms with Crippen molar-refractivity contribution in [1.29, 1.82) is 0 Å². The molecule has 0 aliphatic heterocycles. The van der Waals surface area contributed by atoms with Crippen LogP contribution in [0.1, 0.15) is 17.3 Å². The Morgan fingerprint density at radius 3 is 2.21 bits per heavy atom. The van der Waals surface area contributed by atoms with E-state index in [1.54, 1.807) is 30.3 Å². The fourth-order valence-electron chi connectivity index (χ4n) is 1.61. The summed E-state index contributed by atoms with van der Waals surface area (Å²) in [4.78, 5) is 20.3. The van der Waals surface area contributed by atoms with Crippen molar-refractivity contribution in [3.63, 3.8) is 0 Å². The molecule has 0 aliphatic carbocycles. The van der Waals surface area contributed by atoms with Crippen LogP contribution >= 0.6 is 0 Å². The summed E-state index contributed by atoms with van der Waals surface area (Å²) in [6.45, 7) is 0. The van der Waals surface area contributed by atoms with Crippen LogP contribution in [-0.2, 0) is 0 Å². The summed E-state index contributed by atoms with van der Waals surface area (Å²) in [6.07, 6.45) is 0. The molecule has 0 aliphatic rings. The van der Waals surface area contributed by atoms with Gasteiger partial charge in [-0.2, -0.15) is 0 Å². The second-order valence-electron chi connectivity index (χ2n) is 3.51. The van der Waals surface area contributed by atoms with E-state index in [1.165, 1.54) is 18.2 Å². The van der Waals surface area contributed by atoms with E-state index in [1.807, 2.05) is 0 Å². The van der Waals surface area contributed by atoms with Crippen molar-refractivity contribution in [2.75, 3.05) is 0 Å². The molecule has 2 N–H and O–H groups in total. The zero-order chi connectivity index (χ0) is 13.0. The van der Waals surface area contributed by atoms with Gasteiger partial charge in [-0.25, -0.2) is 10.5 Å². The van der Waals surface area contributed by atoms with Crippen LogP contribution in [0.2, 0.25) is 0 Å². The van der Waals surface area contributed by atoms with E-state index in [-0.39, 0.29) is 53.8 Å². The average Bonchev–Trinajstić information content (AvgIpc) is 2.46. The largest absolute Gasteiger partial charge is 1.00 e. The normalized spacial score (nSPS) is 9.37. The average molecular weight is 270 g/mol. The summed E-state index contributed by atoms with van der Waals surface area (Å²) in [5, 5.41) is 17.4. The van der Waals surface area contributed by atoms with Crippen LogP contribution in [0.5, 0.6) is 11.5 Å². The number of benzene rings is 2. The molecule has 0 saturated carbocycles. The van der Waals surface area contributed by atoms with Crippen LogP contribution in [0.25, 0.3) is 0 Å². The molecule has 0 aromatic heterocycles. The van der Waals surface area contributed by atoms with Crippen molar-refractivity contribution in [2.24, 2.45) is 0 Å². The Hall–Kier alpha value is -1.37. The second-order valence-corrected chi connectivity index (χ2v) is 3.51. The third-order valence-corrected chi connectivity index (χ3v) is 2.45. The van der Waals surface area contributed by atoms with Crippen molar-refractivity contribution >= 4 is 5.78 Å². The number of hydrogen-bond acceptors (Lipinski definition) is 5. The Bertz CT molecular complexity index is 562. The molecule has 0 fully saturated rings. The standard InChI is InChI=1S/C13H10O5.Na.H/c14-12(9-5-2-1-3-6-9)10-7-4-8-11(17-15)13(10)18-16;;/h1-8,15-16H;;/q;+1;-1. The van der Waals surface area contributed by atoms with E-state index < -0.39 is 0 Å². The first kappa shape index (κ1) is 15.7. The van der Waals surface area contributed by atoms with E-state index in [2.05, 4.69) is 9.78 Å². The van der Waals surface area contributed by atoms with Crippen LogP contribution in [0.4, 0.5) is 0 Å². The van der Waals surface area contributed by atoms with E-state index >= 15 is 0 Å². The quantitative estimate of drug-likeness (QED) is 0.346. The Kier molecular flexibility index (Phi) is 6.01. The third kappa shape index (κ3) is 3.34. The van der Waals surface area contributed by atoms with Gasteiger partial charge in [0.25, 0.3) is 0 Å². The van der Waals surface area contributed by atoms with Crippen LogP contribution in [-0.4, -0.2) is 16.3 Å². The summed E-state index contributed by atoms with van der Waals surface area (Å²) >= 11 is 0. The molecular weight excluding hydrogens is 259 g/mol. The number of rotatable bonds is 4. The molecule has 0 heterocycles. The van der Waals surface area contributed by atoms with Gasteiger partial charge in [-0.15, -0.1) is 0 Å². The number of carbonyl (C=O) groups excluding carboxylic acids is 1. The topological polar surface area (TPSA) is 76.0 Å². The minimum absolute atomic E-state index is 0. The van der Waals surface area contributed by atoms with Crippen molar-refractivity contribution < 1.29 is 56.1 Å². The molecule has 0 amide bonds. The van der Waals surface area contributed by atoms with Gasteiger partial charge in [0, 0.05) is 5.56 Å². The third-order valence-electron chi connectivity index (χ3n) is 2.45. The van der Waals surface area contributed by atoms with Crippen molar-refractivity contribution in [2.45, 2.75) is 0 Å². The molecule has 0 radical (unpaired) electrons. The first-order chi connectivity index (χ1) is 8.77. The predicted molar refractivity (Wildman–Crippen MR) is 63.9 cm³/mol.